The van der Waals surface area contributed by atoms with Crippen LogP contribution in [0.25, 0.3) is 0 Å². The number of aliphatic hydroxyl groups is 6. The van der Waals surface area contributed by atoms with Gasteiger partial charge in [-0.2, -0.15) is 0 Å². The lowest BCUT2D eigenvalue weighted by Crippen LogP contribution is -2.31. The number of ketones is 3. The van der Waals surface area contributed by atoms with Gasteiger partial charge in [-0.3, -0.25) is 24.2 Å². The molecule has 6 N–H and O–H groups in total. The summed E-state index contributed by atoms with van der Waals surface area (Å²) < 4.78 is 0. The fourth-order valence-corrected chi connectivity index (χ4v) is 7.80. The maximum absolute atomic E-state index is 12.3. The van der Waals surface area contributed by atoms with Crippen LogP contribution in [-0.2, 0) is 6.54 Å². The molecule has 67 heavy (non-hydrogen) atoms. The molecule has 0 bridgehead atoms. The van der Waals surface area contributed by atoms with Crippen molar-refractivity contribution in [2.75, 3.05) is 96.1 Å². The van der Waals surface area contributed by atoms with Crippen LogP contribution in [0.3, 0.4) is 0 Å². The van der Waals surface area contributed by atoms with Gasteiger partial charge in [0.25, 0.3) is 0 Å². The number of hydrogen-bond acceptors (Lipinski definition) is 13. The second-order valence-electron chi connectivity index (χ2n) is 15.1. The maximum atomic E-state index is 12.3. The molecule has 0 saturated carbocycles. The summed E-state index contributed by atoms with van der Waals surface area (Å²) in [4.78, 5) is 43.9. The fourth-order valence-electron chi connectivity index (χ4n) is 6.89. The highest BCUT2D eigenvalue weighted by molar-refractivity contribution is 7.99. The number of benzene rings is 6. The third kappa shape index (κ3) is 18.8. The Balaban J connectivity index is 0.000000220. The van der Waals surface area contributed by atoms with Gasteiger partial charge < -0.3 is 35.5 Å². The van der Waals surface area contributed by atoms with Gasteiger partial charge in [-0.1, -0.05) is 115 Å². The van der Waals surface area contributed by atoms with Gasteiger partial charge in [-0.05, 0) is 54.1 Å². The number of carbonyl (C=O) groups is 3. The van der Waals surface area contributed by atoms with Crippen LogP contribution in [0, 0.1) is 0 Å². The Hall–Kier alpha value is -5.84. The van der Waals surface area contributed by atoms with Crippen molar-refractivity contribution in [3.8, 4) is 0 Å². The van der Waals surface area contributed by atoms with Crippen molar-refractivity contribution in [1.29, 1.82) is 0 Å². The number of carbonyl (C=O) groups excluding carboxylic acids is 3. The highest BCUT2D eigenvalue weighted by Gasteiger charge is 2.13. The molecule has 6 rings (SSSR count). The summed E-state index contributed by atoms with van der Waals surface area (Å²) in [6.07, 6.45) is 0. The van der Waals surface area contributed by atoms with Crippen LogP contribution >= 0.6 is 11.8 Å². The minimum absolute atomic E-state index is 0.00900. The summed E-state index contributed by atoms with van der Waals surface area (Å²) in [5.41, 5.74) is 5.93. The van der Waals surface area contributed by atoms with E-state index < -0.39 is 0 Å². The summed E-state index contributed by atoms with van der Waals surface area (Å²) in [7, 11) is 0. The van der Waals surface area contributed by atoms with Crippen LogP contribution < -0.4 is 4.90 Å². The molecule has 0 aromatic heterocycles. The molecule has 0 aliphatic rings. The molecular weight excluding hydrogens is 867 g/mol. The molecule has 0 atom stereocenters. The maximum Gasteiger partial charge on any atom is 0.193 e. The monoisotopic (exact) mass is 929 g/mol. The SMILES string of the molecule is O=C(c1ccccc1)c1ccc(CN(CCO)CCO)cc1.O=C(c1ccccc1)c1ccc(N(CCO)CCO)cc1.O=C(c1ccccc1)c1ccc(SCCN(CCO)CCO)cc1. The van der Waals surface area contributed by atoms with Crippen molar-refractivity contribution in [2.45, 2.75) is 11.4 Å². The first-order valence-corrected chi connectivity index (χ1v) is 23.3. The summed E-state index contributed by atoms with van der Waals surface area (Å²) in [5.74, 6) is 0.892. The second-order valence-corrected chi connectivity index (χ2v) is 16.3. The smallest absolute Gasteiger partial charge is 0.193 e. The van der Waals surface area contributed by atoms with Gasteiger partial charge in [0.2, 0.25) is 0 Å². The van der Waals surface area contributed by atoms with Gasteiger partial charge in [-0.15, -0.1) is 11.8 Å². The zero-order valence-corrected chi connectivity index (χ0v) is 38.7. The molecule has 0 aliphatic heterocycles. The van der Waals surface area contributed by atoms with E-state index in [-0.39, 0.29) is 57.0 Å². The molecule has 0 radical (unpaired) electrons. The zero-order valence-electron chi connectivity index (χ0n) is 37.9. The molecule has 6 aromatic carbocycles. The number of anilines is 1. The molecule has 0 heterocycles. The van der Waals surface area contributed by atoms with E-state index in [4.69, 9.17) is 30.6 Å². The van der Waals surface area contributed by atoms with Gasteiger partial charge in [0, 0.05) is 102 Å². The van der Waals surface area contributed by atoms with Gasteiger partial charge in [0.1, 0.15) is 0 Å². The Morgan fingerprint density at radius 2 is 0.687 bits per heavy atom. The van der Waals surface area contributed by atoms with Gasteiger partial charge in [0.15, 0.2) is 17.3 Å². The van der Waals surface area contributed by atoms with Gasteiger partial charge in [0.05, 0.1) is 39.6 Å². The first kappa shape index (κ1) is 53.8. The van der Waals surface area contributed by atoms with E-state index in [1.54, 1.807) is 48.2 Å². The van der Waals surface area contributed by atoms with Crippen LogP contribution in [0.4, 0.5) is 5.69 Å². The van der Waals surface area contributed by atoms with Crippen molar-refractivity contribution in [2.24, 2.45) is 0 Å². The molecule has 0 amide bonds. The van der Waals surface area contributed by atoms with E-state index in [2.05, 4.69) is 0 Å². The average molecular weight is 930 g/mol. The van der Waals surface area contributed by atoms with E-state index >= 15 is 0 Å². The molecule has 0 fully saturated rings. The van der Waals surface area contributed by atoms with Gasteiger partial charge in [-0.25, -0.2) is 0 Å². The molecule has 0 aliphatic carbocycles. The zero-order chi connectivity index (χ0) is 48.1. The van der Waals surface area contributed by atoms with Crippen molar-refractivity contribution in [3.63, 3.8) is 0 Å². The van der Waals surface area contributed by atoms with E-state index in [0.29, 0.717) is 79.2 Å². The van der Waals surface area contributed by atoms with Crippen LogP contribution in [0.1, 0.15) is 53.3 Å². The first-order chi connectivity index (χ1) is 32.7. The van der Waals surface area contributed by atoms with Crippen LogP contribution in [-0.4, -0.2) is 149 Å². The fraction of sp³-hybridized carbons (Fsp3) is 0.278. The van der Waals surface area contributed by atoms with Crippen LogP contribution in [0.15, 0.2) is 169 Å². The number of thioether (sulfide) groups is 1. The number of aliphatic hydroxyl groups excluding tert-OH is 6. The Kier molecular flexibility index (Phi) is 25.0. The molecule has 0 spiro atoms. The minimum Gasteiger partial charge on any atom is -0.395 e. The van der Waals surface area contributed by atoms with E-state index in [9.17, 15) is 14.4 Å². The average Bonchev–Trinajstić information content (AvgIpc) is 3.37. The third-order valence-electron chi connectivity index (χ3n) is 10.4. The Labute approximate surface area is 398 Å². The molecule has 6 aromatic rings. The second kappa shape index (κ2) is 31.2. The predicted molar refractivity (Wildman–Crippen MR) is 266 cm³/mol. The van der Waals surface area contributed by atoms with E-state index in [1.165, 1.54) is 0 Å². The highest BCUT2D eigenvalue weighted by Crippen LogP contribution is 2.21. The summed E-state index contributed by atoms with van der Waals surface area (Å²) >= 11 is 1.70. The minimum atomic E-state index is -0.0157. The molecular formula is C54H63N3O9S. The standard InChI is InChI=1S/C19H23NO3S.C18H21NO3.C17H19NO3/c21-13-10-20(11-14-22)12-15-24-18-8-6-17(7-9-18)19(23)16-4-2-1-3-5-16;20-12-10-19(11-13-21)14-15-6-8-17(9-7-15)18(22)16-4-2-1-3-5-16;19-12-10-18(11-13-20)16-8-6-15(7-9-16)17(21)14-4-2-1-3-5-14/h1-9,21-22H,10-15H2;1-9,20-21H,10-14H2;1-9,19-20H,10-13H2. The lowest BCUT2D eigenvalue weighted by molar-refractivity contribution is 0.103. The molecule has 354 valence electrons. The van der Waals surface area contributed by atoms with Crippen LogP contribution in [0.2, 0.25) is 0 Å². The third-order valence-corrected chi connectivity index (χ3v) is 11.4. The number of hydrogen-bond donors (Lipinski definition) is 6. The topological polar surface area (TPSA) is 182 Å². The van der Waals surface area contributed by atoms with E-state index in [1.807, 2.05) is 142 Å². The van der Waals surface area contributed by atoms with E-state index in [0.717, 1.165) is 28.4 Å². The first-order valence-electron chi connectivity index (χ1n) is 22.3. The largest absolute Gasteiger partial charge is 0.395 e. The van der Waals surface area contributed by atoms with Gasteiger partial charge >= 0.3 is 0 Å². The Morgan fingerprint density at radius 1 is 0.358 bits per heavy atom. The van der Waals surface area contributed by atoms with Crippen LogP contribution in [0.5, 0.6) is 0 Å². The highest BCUT2D eigenvalue weighted by atomic mass is 32.2. The lowest BCUT2D eigenvalue weighted by Gasteiger charge is -2.23. The predicted octanol–water partition coefficient (Wildman–Crippen LogP) is 5.71. The quantitative estimate of drug-likeness (QED) is 0.0304. The lowest BCUT2D eigenvalue weighted by atomic mass is 10.0. The Bertz CT molecular complexity index is 2270. The van der Waals surface area contributed by atoms with Crippen molar-refractivity contribution in [3.05, 3.63) is 203 Å². The molecule has 0 unspecified atom stereocenters. The summed E-state index contributed by atoms with van der Waals surface area (Å²) in [5, 5.41) is 54.1. The number of rotatable bonds is 25. The van der Waals surface area contributed by atoms with Crippen molar-refractivity contribution < 1.29 is 45.0 Å². The van der Waals surface area contributed by atoms with Crippen molar-refractivity contribution >= 4 is 34.8 Å². The molecule has 0 saturated heterocycles. The van der Waals surface area contributed by atoms with Crippen molar-refractivity contribution in [1.82, 2.24) is 9.80 Å². The summed E-state index contributed by atoms with van der Waals surface area (Å²) in [6, 6.07) is 49.9. The molecule has 13 heteroatoms. The Morgan fingerprint density at radius 3 is 1.06 bits per heavy atom. The normalized spacial score (nSPS) is 10.7. The summed E-state index contributed by atoms with van der Waals surface area (Å²) in [6.45, 7) is 4.89. The molecule has 12 nitrogen and oxygen atoms in total. The number of nitrogens with zero attached hydrogens (tertiary/aromatic N) is 3.